The molecular weight excluding hydrogens is 420 g/mol. The van der Waals surface area contributed by atoms with Crippen LogP contribution in [0, 0.1) is 6.92 Å². The average Bonchev–Trinajstić information content (AvgIpc) is 2.76. The van der Waals surface area contributed by atoms with Gasteiger partial charge in [0.05, 0.1) is 17.3 Å². The van der Waals surface area contributed by atoms with Crippen molar-refractivity contribution in [2.45, 2.75) is 40.7 Å². The summed E-state index contributed by atoms with van der Waals surface area (Å²) in [6.45, 7) is 9.68. The van der Waals surface area contributed by atoms with Gasteiger partial charge in [-0.05, 0) is 38.0 Å². The van der Waals surface area contributed by atoms with Gasteiger partial charge in [0.2, 0.25) is 0 Å². The molecule has 1 unspecified atom stereocenters. The van der Waals surface area contributed by atoms with Crippen molar-refractivity contribution in [2.75, 3.05) is 20.3 Å². The molecule has 0 saturated heterocycles. The molecule has 0 bridgehead atoms. The molecule has 1 atom stereocenters. The molecule has 2 heterocycles. The molecule has 2 rings (SSSR count). The number of nitrogens with zero attached hydrogens (tertiary/aromatic N) is 2. The van der Waals surface area contributed by atoms with E-state index in [2.05, 4.69) is 26.0 Å². The Morgan fingerprint density at radius 1 is 1.35 bits per heavy atom. The molecule has 0 aliphatic carbocycles. The predicted molar refractivity (Wildman–Crippen MR) is 124 cm³/mol. The summed E-state index contributed by atoms with van der Waals surface area (Å²) in [6.07, 6.45) is 5.34. The number of nitrogens with one attached hydrogen (secondary N) is 3. The standard InChI is InChI=1S/C13H20ClN5O3.C6H7N.C2H6/c1-7-4-8(2)17-13(21)12(20)16-5-9(11(7)14)18-10(19-15)6-22-3;1-6-3-2-4-7-5-6;1-2/h4,8H,5-6,15H2,1-3H3,(H,16,20)(H,17,21)(H,18,19);2-5H,1H3;1-2H3/b7-4-,11-9-;;. The molecule has 0 aromatic carbocycles. The number of ether oxygens (including phenoxy) is 1. The molecule has 9 nitrogen and oxygen atoms in total. The fourth-order valence-electron chi connectivity index (χ4n) is 2.25. The van der Waals surface area contributed by atoms with Gasteiger partial charge >= 0.3 is 11.8 Å². The van der Waals surface area contributed by atoms with E-state index in [0.29, 0.717) is 16.6 Å². The van der Waals surface area contributed by atoms with Crippen molar-refractivity contribution >= 4 is 29.3 Å². The summed E-state index contributed by atoms with van der Waals surface area (Å²) in [5.74, 6) is 4.23. The second kappa shape index (κ2) is 16.0. The maximum Gasteiger partial charge on any atom is 0.309 e. The van der Waals surface area contributed by atoms with Crippen LogP contribution >= 0.6 is 11.6 Å². The van der Waals surface area contributed by atoms with Gasteiger partial charge in [-0.1, -0.05) is 37.6 Å². The number of rotatable bonds is 3. The third-order valence-electron chi connectivity index (χ3n) is 3.61. The van der Waals surface area contributed by atoms with Gasteiger partial charge in [-0.15, -0.1) is 0 Å². The summed E-state index contributed by atoms with van der Waals surface area (Å²) >= 11 is 6.32. The van der Waals surface area contributed by atoms with E-state index in [0.717, 1.165) is 5.57 Å². The number of aromatic nitrogens is 1. The van der Waals surface area contributed by atoms with E-state index in [1.165, 1.54) is 12.7 Å². The van der Waals surface area contributed by atoms with Crippen LogP contribution in [0.15, 0.2) is 51.9 Å². The molecule has 1 aliphatic rings. The second-order valence-corrected chi connectivity index (χ2v) is 6.60. The Morgan fingerprint density at radius 2 is 2.03 bits per heavy atom. The topological polar surface area (TPSA) is 131 Å². The second-order valence-electron chi connectivity index (χ2n) is 6.22. The van der Waals surface area contributed by atoms with E-state index in [9.17, 15) is 9.59 Å². The Morgan fingerprint density at radius 3 is 2.52 bits per heavy atom. The van der Waals surface area contributed by atoms with Crippen molar-refractivity contribution in [3.8, 4) is 0 Å². The molecule has 0 radical (unpaired) electrons. The summed E-state index contributed by atoms with van der Waals surface area (Å²) in [6, 6.07) is 3.60. The monoisotopic (exact) mass is 452 g/mol. The van der Waals surface area contributed by atoms with Crippen LogP contribution in [0.25, 0.3) is 0 Å². The number of carbonyl (C=O) groups excluding carboxylic acids is 2. The highest BCUT2D eigenvalue weighted by Crippen LogP contribution is 2.21. The molecule has 31 heavy (non-hydrogen) atoms. The van der Waals surface area contributed by atoms with Crippen LogP contribution in [0.3, 0.4) is 0 Å². The summed E-state index contributed by atoms with van der Waals surface area (Å²) < 4.78 is 4.95. The van der Waals surface area contributed by atoms with Gasteiger partial charge in [0.25, 0.3) is 0 Å². The Hall–Kier alpha value is -2.75. The summed E-state index contributed by atoms with van der Waals surface area (Å²) in [7, 11) is 1.50. The molecule has 1 aromatic rings. The van der Waals surface area contributed by atoms with Gasteiger partial charge in [-0.3, -0.25) is 14.6 Å². The highest BCUT2D eigenvalue weighted by Gasteiger charge is 2.19. The Balaban J connectivity index is 0.000000831. The van der Waals surface area contributed by atoms with E-state index >= 15 is 0 Å². The lowest BCUT2D eigenvalue weighted by Gasteiger charge is -2.16. The van der Waals surface area contributed by atoms with Gasteiger partial charge in [-0.25, -0.2) is 10.8 Å². The molecule has 2 amide bonds. The molecule has 5 N–H and O–H groups in total. The van der Waals surface area contributed by atoms with E-state index in [-0.39, 0.29) is 19.2 Å². The first-order valence-corrected chi connectivity index (χ1v) is 10.2. The van der Waals surface area contributed by atoms with Gasteiger partial charge in [0, 0.05) is 25.5 Å². The van der Waals surface area contributed by atoms with E-state index in [1.807, 2.05) is 39.1 Å². The van der Waals surface area contributed by atoms with Crippen LogP contribution in [0.4, 0.5) is 0 Å². The van der Waals surface area contributed by atoms with E-state index in [1.54, 1.807) is 26.1 Å². The molecule has 10 heteroatoms. The first-order valence-electron chi connectivity index (χ1n) is 9.84. The molecular formula is C21H33ClN6O3. The molecule has 172 valence electrons. The smallest absolute Gasteiger partial charge is 0.309 e. The Kier molecular flexibility index (Phi) is 14.6. The molecule has 1 aliphatic heterocycles. The van der Waals surface area contributed by atoms with Gasteiger partial charge in [0.1, 0.15) is 12.4 Å². The van der Waals surface area contributed by atoms with Crippen molar-refractivity contribution in [2.24, 2.45) is 10.8 Å². The lowest BCUT2D eigenvalue weighted by Crippen LogP contribution is -2.44. The highest BCUT2D eigenvalue weighted by molar-refractivity contribution is 6.35. The van der Waals surface area contributed by atoms with E-state index in [4.69, 9.17) is 22.2 Å². The average molecular weight is 453 g/mol. The Labute approximate surface area is 189 Å². The van der Waals surface area contributed by atoms with Gasteiger partial charge < -0.3 is 20.8 Å². The summed E-state index contributed by atoms with van der Waals surface area (Å²) in [4.78, 5) is 31.4. The number of nitrogens with two attached hydrogens (primary N) is 1. The number of hydrazine groups is 1. The fraction of sp³-hybridized carbons (Fsp3) is 0.429. The largest absolute Gasteiger partial charge is 0.377 e. The van der Waals surface area contributed by atoms with Gasteiger partial charge in [0.15, 0.2) is 0 Å². The molecule has 0 spiro atoms. The van der Waals surface area contributed by atoms with Crippen LogP contribution in [0.1, 0.15) is 33.3 Å². The predicted octanol–water partition coefficient (Wildman–Crippen LogP) is 1.94. The van der Waals surface area contributed by atoms with Gasteiger partial charge in [-0.2, -0.15) is 0 Å². The summed E-state index contributed by atoms with van der Waals surface area (Å²) in [5.41, 5.74) is 4.70. The summed E-state index contributed by atoms with van der Waals surface area (Å²) in [5, 5.41) is 5.37. The zero-order valence-corrected chi connectivity index (χ0v) is 19.7. The van der Waals surface area contributed by atoms with Crippen LogP contribution in [-0.4, -0.2) is 48.9 Å². The first-order chi connectivity index (χ1) is 14.8. The number of carbonyl (C=O) groups is 2. The normalized spacial score (nSPS) is 21.1. The lowest BCUT2D eigenvalue weighted by atomic mass is 10.1. The van der Waals surface area contributed by atoms with Crippen molar-refractivity contribution in [1.29, 1.82) is 0 Å². The number of amidine groups is 1. The molecule has 0 saturated carbocycles. The maximum absolute atomic E-state index is 11.7. The number of aliphatic imine (C=N–C) groups is 1. The number of pyridine rings is 1. The van der Waals surface area contributed by atoms with Crippen molar-refractivity contribution in [3.05, 3.63) is 52.5 Å². The molecule has 1 aromatic heterocycles. The first kappa shape index (κ1) is 28.2. The number of halogens is 1. The number of allylic oxidation sites excluding steroid dienone is 2. The highest BCUT2D eigenvalue weighted by atomic mass is 35.5. The van der Waals surface area contributed by atoms with Crippen LogP contribution in [-0.2, 0) is 14.3 Å². The van der Waals surface area contributed by atoms with Crippen molar-refractivity contribution < 1.29 is 14.3 Å². The van der Waals surface area contributed by atoms with E-state index < -0.39 is 11.8 Å². The number of methoxy groups -OCH3 is 1. The fourth-order valence-corrected chi connectivity index (χ4v) is 2.43. The minimum Gasteiger partial charge on any atom is -0.377 e. The minimum atomic E-state index is -0.758. The van der Waals surface area contributed by atoms with Crippen LogP contribution in [0.2, 0.25) is 0 Å². The zero-order chi connectivity index (χ0) is 23.8. The molecule has 0 fully saturated rings. The lowest BCUT2D eigenvalue weighted by molar-refractivity contribution is -0.139. The quantitative estimate of drug-likeness (QED) is 0.182. The van der Waals surface area contributed by atoms with Crippen LogP contribution < -0.4 is 21.9 Å². The minimum absolute atomic E-state index is 0.0143. The number of hydrogen-bond donors (Lipinski definition) is 4. The Bertz CT molecular complexity index is 794. The number of amides is 2. The third kappa shape index (κ3) is 11.3. The third-order valence-corrected chi connectivity index (χ3v) is 4.12. The zero-order valence-electron chi connectivity index (χ0n) is 19.0. The number of hydrogen-bond acceptors (Lipinski definition) is 6. The SMILES string of the molecule is CC.COCC(=N/C1=C(Cl)/C(C)=C\C(C)NC(=O)C(=O)NC1)NN.Cc1cccnc1. The van der Waals surface area contributed by atoms with Crippen molar-refractivity contribution in [3.63, 3.8) is 0 Å². The number of aryl methyl sites for hydroxylation is 1. The van der Waals surface area contributed by atoms with Crippen molar-refractivity contribution in [1.82, 2.24) is 21.0 Å². The maximum atomic E-state index is 11.7. The van der Waals surface area contributed by atoms with Crippen LogP contribution in [0.5, 0.6) is 0 Å².